The third kappa shape index (κ3) is 3.87. The van der Waals surface area contributed by atoms with Crippen molar-refractivity contribution in [3.8, 4) is 5.69 Å². The van der Waals surface area contributed by atoms with Crippen molar-refractivity contribution in [2.75, 3.05) is 4.90 Å². The van der Waals surface area contributed by atoms with Gasteiger partial charge in [-0.15, -0.1) is 0 Å². The Kier molecular flexibility index (Phi) is 5.91. The Morgan fingerprint density at radius 2 is 0.771 bits per heavy atom. The van der Waals surface area contributed by atoms with E-state index in [0.29, 0.717) is 0 Å². The lowest BCUT2D eigenvalue weighted by Crippen LogP contribution is -2.10. The molecular formula is C46H30N2. The highest BCUT2D eigenvalue weighted by molar-refractivity contribution is 6.42. The van der Waals surface area contributed by atoms with Crippen molar-refractivity contribution in [2.45, 2.75) is 0 Å². The van der Waals surface area contributed by atoms with Crippen LogP contribution in [-0.2, 0) is 0 Å². The van der Waals surface area contributed by atoms with Gasteiger partial charge in [0.25, 0.3) is 0 Å². The van der Waals surface area contributed by atoms with Crippen LogP contribution in [0.4, 0.5) is 17.1 Å². The molecule has 0 unspecified atom stereocenters. The molecule has 0 saturated carbocycles. The third-order valence-electron chi connectivity index (χ3n) is 9.88. The van der Waals surface area contributed by atoms with E-state index in [0.717, 1.165) is 22.7 Å². The topological polar surface area (TPSA) is 8.17 Å². The van der Waals surface area contributed by atoms with Crippen LogP contribution in [0.25, 0.3) is 70.6 Å². The third-order valence-corrected chi connectivity index (χ3v) is 9.88. The molecule has 224 valence electrons. The van der Waals surface area contributed by atoms with Crippen molar-refractivity contribution in [2.24, 2.45) is 0 Å². The molecule has 0 spiro atoms. The molecule has 10 rings (SSSR count). The first kappa shape index (κ1) is 26.8. The van der Waals surface area contributed by atoms with E-state index in [-0.39, 0.29) is 0 Å². The van der Waals surface area contributed by atoms with Crippen LogP contribution in [0.2, 0.25) is 0 Å². The van der Waals surface area contributed by atoms with Crippen molar-refractivity contribution in [3.63, 3.8) is 0 Å². The normalized spacial score (nSPS) is 11.8. The standard InChI is InChI=1S/C46H30N2/c1-3-16-31(17-4-1)47(32-18-5-2-6-19-32)33-20-15-21-34(30-33)48-42-29-14-13-28-41(42)45-44-38-25-10-8-23-36(38)35-22-7-9-24-37(35)43(44)39-26-11-12-27-40(39)46(45)48/h1-30H. The van der Waals surface area contributed by atoms with Gasteiger partial charge in [0.1, 0.15) is 0 Å². The second-order valence-corrected chi connectivity index (χ2v) is 12.5. The van der Waals surface area contributed by atoms with E-state index in [1.165, 1.54) is 64.9 Å². The van der Waals surface area contributed by atoms with Gasteiger partial charge in [0, 0.05) is 44.3 Å². The van der Waals surface area contributed by atoms with Crippen LogP contribution in [-0.4, -0.2) is 4.57 Å². The van der Waals surface area contributed by atoms with E-state index in [9.17, 15) is 0 Å². The highest BCUT2D eigenvalue weighted by Crippen LogP contribution is 2.48. The number of fused-ring (bicyclic) bond motifs is 13. The van der Waals surface area contributed by atoms with E-state index in [4.69, 9.17) is 0 Å². The van der Waals surface area contributed by atoms with E-state index in [1.54, 1.807) is 0 Å². The molecule has 0 amide bonds. The lowest BCUT2D eigenvalue weighted by Gasteiger charge is -2.26. The Morgan fingerprint density at radius 1 is 0.312 bits per heavy atom. The van der Waals surface area contributed by atoms with Gasteiger partial charge in [-0.2, -0.15) is 0 Å². The van der Waals surface area contributed by atoms with Crippen molar-refractivity contribution in [1.82, 2.24) is 4.57 Å². The van der Waals surface area contributed by atoms with Crippen LogP contribution in [0.5, 0.6) is 0 Å². The van der Waals surface area contributed by atoms with Gasteiger partial charge >= 0.3 is 0 Å². The number of hydrogen-bond acceptors (Lipinski definition) is 1. The highest BCUT2D eigenvalue weighted by Gasteiger charge is 2.22. The average Bonchev–Trinajstić information content (AvgIpc) is 3.51. The van der Waals surface area contributed by atoms with Gasteiger partial charge in [-0.3, -0.25) is 0 Å². The summed E-state index contributed by atoms with van der Waals surface area (Å²) in [5.74, 6) is 0. The predicted octanol–water partition coefficient (Wildman–Crippen LogP) is 12.9. The molecule has 1 aromatic heterocycles. The van der Waals surface area contributed by atoms with Crippen LogP contribution in [0, 0.1) is 0 Å². The van der Waals surface area contributed by atoms with Crippen LogP contribution in [0.3, 0.4) is 0 Å². The number of benzene rings is 9. The SMILES string of the molecule is c1ccc(N(c2ccccc2)c2cccc(-n3c4ccccc4c4c5c6ccccc6c6ccccc6c5c5ccccc5c43)c2)cc1. The van der Waals surface area contributed by atoms with Crippen LogP contribution < -0.4 is 4.90 Å². The summed E-state index contributed by atoms with van der Waals surface area (Å²) in [6.45, 7) is 0. The minimum Gasteiger partial charge on any atom is -0.310 e. The first-order chi connectivity index (χ1) is 23.9. The van der Waals surface area contributed by atoms with Gasteiger partial charge < -0.3 is 9.47 Å². The Morgan fingerprint density at radius 3 is 1.40 bits per heavy atom. The fraction of sp³-hybridized carbons (Fsp3) is 0. The number of nitrogens with zero attached hydrogens (tertiary/aromatic N) is 2. The van der Waals surface area contributed by atoms with Gasteiger partial charge in [0.15, 0.2) is 0 Å². The Balaban J connectivity index is 1.38. The zero-order valence-corrected chi connectivity index (χ0v) is 26.2. The molecule has 0 radical (unpaired) electrons. The van der Waals surface area contributed by atoms with Crippen LogP contribution in [0.15, 0.2) is 182 Å². The molecule has 0 fully saturated rings. The van der Waals surface area contributed by atoms with Crippen molar-refractivity contribution >= 4 is 82.0 Å². The molecule has 10 aromatic rings. The fourth-order valence-corrected chi connectivity index (χ4v) is 7.98. The first-order valence-electron chi connectivity index (χ1n) is 16.5. The molecule has 0 atom stereocenters. The Bertz CT molecular complexity index is 2790. The van der Waals surface area contributed by atoms with Crippen LogP contribution in [0.1, 0.15) is 0 Å². The van der Waals surface area contributed by atoms with E-state index >= 15 is 0 Å². The molecule has 2 nitrogen and oxygen atoms in total. The summed E-state index contributed by atoms with van der Waals surface area (Å²) in [4.78, 5) is 2.34. The molecule has 0 aliphatic heterocycles. The molecular weight excluding hydrogens is 581 g/mol. The summed E-state index contributed by atoms with van der Waals surface area (Å²) in [7, 11) is 0. The van der Waals surface area contributed by atoms with Crippen molar-refractivity contribution in [1.29, 1.82) is 0 Å². The summed E-state index contributed by atoms with van der Waals surface area (Å²) in [6, 6.07) is 66.0. The molecule has 48 heavy (non-hydrogen) atoms. The minimum atomic E-state index is 1.11. The highest BCUT2D eigenvalue weighted by atomic mass is 15.1. The summed E-state index contributed by atoms with van der Waals surface area (Å²) >= 11 is 0. The largest absolute Gasteiger partial charge is 0.310 e. The Labute approximate surface area is 278 Å². The maximum Gasteiger partial charge on any atom is 0.0626 e. The quantitative estimate of drug-likeness (QED) is 0.180. The second-order valence-electron chi connectivity index (χ2n) is 12.5. The molecule has 0 N–H and O–H groups in total. The van der Waals surface area contributed by atoms with Crippen LogP contribution >= 0.6 is 0 Å². The zero-order valence-electron chi connectivity index (χ0n) is 26.2. The molecule has 0 aliphatic rings. The second kappa shape index (κ2) is 10.6. The number of para-hydroxylation sites is 3. The molecule has 0 saturated heterocycles. The van der Waals surface area contributed by atoms with E-state index in [1.807, 2.05) is 0 Å². The van der Waals surface area contributed by atoms with Crippen molar-refractivity contribution in [3.05, 3.63) is 182 Å². The van der Waals surface area contributed by atoms with Gasteiger partial charge in [0.2, 0.25) is 0 Å². The number of hydrogen-bond donors (Lipinski definition) is 0. The van der Waals surface area contributed by atoms with Gasteiger partial charge in [-0.1, -0.05) is 133 Å². The van der Waals surface area contributed by atoms with E-state index < -0.39 is 0 Å². The molecule has 0 bridgehead atoms. The predicted molar refractivity (Wildman–Crippen MR) is 205 cm³/mol. The minimum absolute atomic E-state index is 1.11. The summed E-state index contributed by atoms with van der Waals surface area (Å²) in [6.07, 6.45) is 0. The fourth-order valence-electron chi connectivity index (χ4n) is 7.98. The zero-order chi connectivity index (χ0) is 31.6. The lowest BCUT2D eigenvalue weighted by molar-refractivity contribution is 1.17. The number of anilines is 3. The monoisotopic (exact) mass is 610 g/mol. The molecule has 0 aliphatic carbocycles. The summed E-state index contributed by atoms with van der Waals surface area (Å²) in [5, 5.41) is 12.9. The average molecular weight is 611 g/mol. The van der Waals surface area contributed by atoms with Gasteiger partial charge in [-0.25, -0.2) is 0 Å². The summed E-state index contributed by atoms with van der Waals surface area (Å²) < 4.78 is 2.49. The van der Waals surface area contributed by atoms with Crippen molar-refractivity contribution < 1.29 is 0 Å². The maximum absolute atomic E-state index is 2.49. The van der Waals surface area contributed by atoms with Gasteiger partial charge in [0.05, 0.1) is 11.0 Å². The Hall–Kier alpha value is -6.38. The van der Waals surface area contributed by atoms with E-state index in [2.05, 4.69) is 191 Å². The molecule has 1 heterocycles. The lowest BCUT2D eigenvalue weighted by atomic mass is 9.88. The maximum atomic E-state index is 2.49. The number of aromatic nitrogens is 1. The molecule has 9 aromatic carbocycles. The smallest absolute Gasteiger partial charge is 0.0626 e. The number of rotatable bonds is 4. The first-order valence-corrected chi connectivity index (χ1v) is 16.5. The molecule has 2 heteroatoms. The summed E-state index contributed by atoms with van der Waals surface area (Å²) in [5.41, 5.74) is 6.92. The van der Waals surface area contributed by atoms with Gasteiger partial charge in [-0.05, 0) is 80.8 Å².